The van der Waals surface area contributed by atoms with E-state index in [1.54, 1.807) is 24.7 Å². The van der Waals surface area contributed by atoms with Crippen LogP contribution in [0.2, 0.25) is 0 Å². The van der Waals surface area contributed by atoms with Gasteiger partial charge in [0.2, 0.25) is 0 Å². The molecule has 0 spiro atoms. The van der Waals surface area contributed by atoms with Crippen LogP contribution < -0.4 is 19.6 Å². The Morgan fingerprint density at radius 2 is 1.82 bits per heavy atom. The molecule has 0 fully saturated rings. The zero-order chi connectivity index (χ0) is 23.7. The largest absolute Gasteiger partial charge is 0.496 e. The lowest BCUT2D eigenvalue weighted by molar-refractivity contribution is -0.136. The van der Waals surface area contributed by atoms with Gasteiger partial charge in [0.1, 0.15) is 5.75 Å². The van der Waals surface area contributed by atoms with Crippen LogP contribution >= 0.6 is 11.3 Å². The average Bonchev–Trinajstić information content (AvgIpc) is 3.12. The van der Waals surface area contributed by atoms with Crippen LogP contribution in [0, 0.1) is 0 Å². The number of nitrogens with zero attached hydrogens (tertiary/aromatic N) is 2. The standard InChI is InChI=1S/C26H26N2O4S/c1-15(2)17-10-12-18(13-11-17)23-22(25(30)32-5)16(3)27-26-28(23)24(29)21(33-26)14-19-8-6-7-9-20(19)31-4/h6-15,23H,1-5H3/t23-/m0/s1. The highest BCUT2D eigenvalue weighted by atomic mass is 32.1. The molecule has 1 atom stereocenters. The number of hydrogen-bond acceptors (Lipinski definition) is 6. The van der Waals surface area contributed by atoms with Gasteiger partial charge < -0.3 is 9.47 Å². The van der Waals surface area contributed by atoms with E-state index in [0.29, 0.717) is 32.3 Å². The van der Waals surface area contributed by atoms with Crippen molar-refractivity contribution in [2.24, 2.45) is 4.99 Å². The maximum absolute atomic E-state index is 13.6. The summed E-state index contributed by atoms with van der Waals surface area (Å²) in [5.74, 6) is 0.558. The number of allylic oxidation sites excluding steroid dienone is 1. The summed E-state index contributed by atoms with van der Waals surface area (Å²) in [5, 5.41) is 0. The number of fused-ring (bicyclic) bond motifs is 1. The fourth-order valence-electron chi connectivity index (χ4n) is 4.00. The van der Waals surface area contributed by atoms with E-state index in [-0.39, 0.29) is 5.56 Å². The maximum atomic E-state index is 13.6. The summed E-state index contributed by atoms with van der Waals surface area (Å²) < 4.78 is 12.6. The van der Waals surface area contributed by atoms with E-state index in [0.717, 1.165) is 11.1 Å². The number of aromatic nitrogens is 1. The van der Waals surface area contributed by atoms with Gasteiger partial charge in [-0.1, -0.05) is 67.6 Å². The minimum Gasteiger partial charge on any atom is -0.496 e. The predicted octanol–water partition coefficient (Wildman–Crippen LogP) is 3.54. The molecular formula is C26H26N2O4S. The Labute approximate surface area is 196 Å². The number of esters is 1. The van der Waals surface area contributed by atoms with Crippen LogP contribution in [0.25, 0.3) is 6.08 Å². The number of methoxy groups -OCH3 is 2. The Kier molecular flexibility index (Phi) is 6.33. The SMILES string of the molecule is COC(=O)C1=C(C)N=c2sc(=Cc3ccccc3OC)c(=O)n2[C@H]1c1ccc(C(C)C)cc1. The first-order valence-corrected chi connectivity index (χ1v) is 11.5. The second kappa shape index (κ2) is 9.19. The highest BCUT2D eigenvalue weighted by molar-refractivity contribution is 7.07. The number of rotatable bonds is 5. The van der Waals surface area contributed by atoms with Gasteiger partial charge in [0, 0.05) is 5.56 Å². The molecule has 4 rings (SSSR count). The molecule has 2 aromatic carbocycles. The van der Waals surface area contributed by atoms with Crippen molar-refractivity contribution in [2.45, 2.75) is 32.7 Å². The molecular weight excluding hydrogens is 436 g/mol. The Bertz CT molecular complexity index is 1410. The number of ether oxygens (including phenoxy) is 2. The van der Waals surface area contributed by atoms with Crippen LogP contribution in [-0.4, -0.2) is 24.8 Å². The first kappa shape index (κ1) is 22.7. The van der Waals surface area contributed by atoms with Gasteiger partial charge >= 0.3 is 5.97 Å². The third-order valence-electron chi connectivity index (χ3n) is 5.77. The molecule has 0 N–H and O–H groups in total. The molecule has 0 bridgehead atoms. The smallest absolute Gasteiger partial charge is 0.338 e. The first-order valence-electron chi connectivity index (χ1n) is 10.7. The lowest BCUT2D eigenvalue weighted by Gasteiger charge is -2.24. The fraction of sp³-hybridized carbons (Fsp3) is 0.269. The quantitative estimate of drug-likeness (QED) is 0.544. The summed E-state index contributed by atoms with van der Waals surface area (Å²) in [4.78, 5) is 31.5. The van der Waals surface area contributed by atoms with E-state index in [1.165, 1.54) is 24.0 Å². The molecule has 0 radical (unpaired) electrons. The molecule has 1 aromatic heterocycles. The van der Waals surface area contributed by atoms with Gasteiger partial charge in [0.15, 0.2) is 4.80 Å². The minimum absolute atomic E-state index is 0.212. The van der Waals surface area contributed by atoms with Gasteiger partial charge in [0.05, 0.1) is 36.1 Å². The highest BCUT2D eigenvalue weighted by Crippen LogP contribution is 2.31. The molecule has 170 valence electrons. The molecule has 0 unspecified atom stereocenters. The molecule has 0 amide bonds. The first-order chi connectivity index (χ1) is 15.8. The summed E-state index contributed by atoms with van der Waals surface area (Å²) in [7, 11) is 2.94. The van der Waals surface area contributed by atoms with Gasteiger partial charge in [-0.2, -0.15) is 0 Å². The van der Waals surface area contributed by atoms with Gasteiger partial charge in [-0.15, -0.1) is 0 Å². The second-order valence-electron chi connectivity index (χ2n) is 8.14. The van der Waals surface area contributed by atoms with Crippen molar-refractivity contribution >= 4 is 23.4 Å². The van der Waals surface area contributed by atoms with Crippen molar-refractivity contribution in [2.75, 3.05) is 14.2 Å². The van der Waals surface area contributed by atoms with Gasteiger partial charge in [-0.05, 0) is 36.1 Å². The van der Waals surface area contributed by atoms with E-state index in [4.69, 9.17) is 9.47 Å². The van der Waals surface area contributed by atoms with Gasteiger partial charge in [-0.3, -0.25) is 9.36 Å². The van der Waals surface area contributed by atoms with Gasteiger partial charge in [-0.25, -0.2) is 9.79 Å². The number of carbonyl (C=O) groups excluding carboxylic acids is 1. The summed E-state index contributed by atoms with van der Waals surface area (Å²) in [6.07, 6.45) is 1.80. The van der Waals surface area contributed by atoms with Gasteiger partial charge in [0.25, 0.3) is 5.56 Å². The molecule has 7 heteroatoms. The molecule has 0 aliphatic carbocycles. The summed E-state index contributed by atoms with van der Waals surface area (Å²) >= 11 is 1.29. The molecule has 0 saturated heterocycles. The summed E-state index contributed by atoms with van der Waals surface area (Å²) in [5.41, 5.74) is 3.51. The number of carbonyl (C=O) groups is 1. The zero-order valence-electron chi connectivity index (χ0n) is 19.3. The number of thiazole rings is 1. The number of para-hydroxylation sites is 1. The zero-order valence-corrected chi connectivity index (χ0v) is 20.1. The minimum atomic E-state index is -0.616. The topological polar surface area (TPSA) is 69.9 Å². The number of hydrogen-bond donors (Lipinski definition) is 0. The van der Waals surface area contributed by atoms with Crippen LogP contribution in [-0.2, 0) is 9.53 Å². The van der Waals surface area contributed by atoms with E-state index in [2.05, 4.69) is 18.8 Å². The molecule has 0 saturated carbocycles. The number of benzene rings is 2. The van der Waals surface area contributed by atoms with Crippen molar-refractivity contribution in [3.8, 4) is 5.75 Å². The van der Waals surface area contributed by atoms with Crippen LogP contribution in [0.4, 0.5) is 0 Å². The van der Waals surface area contributed by atoms with Crippen LogP contribution in [0.3, 0.4) is 0 Å². The Balaban J connectivity index is 1.96. The van der Waals surface area contributed by atoms with E-state index >= 15 is 0 Å². The van der Waals surface area contributed by atoms with Crippen LogP contribution in [0.1, 0.15) is 49.4 Å². The van der Waals surface area contributed by atoms with Crippen molar-refractivity contribution < 1.29 is 14.3 Å². The lowest BCUT2D eigenvalue weighted by atomic mass is 9.93. The highest BCUT2D eigenvalue weighted by Gasteiger charge is 2.33. The molecule has 1 aliphatic heterocycles. The third-order valence-corrected chi connectivity index (χ3v) is 6.75. The maximum Gasteiger partial charge on any atom is 0.338 e. The van der Waals surface area contributed by atoms with Crippen LogP contribution in [0.15, 0.2) is 69.6 Å². The summed E-state index contributed by atoms with van der Waals surface area (Å²) in [6.45, 7) is 6.03. The second-order valence-corrected chi connectivity index (χ2v) is 9.15. The van der Waals surface area contributed by atoms with Crippen molar-refractivity contribution in [3.63, 3.8) is 0 Å². The third kappa shape index (κ3) is 4.16. The van der Waals surface area contributed by atoms with E-state index < -0.39 is 12.0 Å². The van der Waals surface area contributed by atoms with E-state index in [1.807, 2.05) is 48.5 Å². The summed E-state index contributed by atoms with van der Waals surface area (Å²) in [6, 6.07) is 14.9. The monoisotopic (exact) mass is 462 g/mol. The predicted molar refractivity (Wildman–Crippen MR) is 129 cm³/mol. The van der Waals surface area contributed by atoms with E-state index in [9.17, 15) is 9.59 Å². The van der Waals surface area contributed by atoms with Crippen LogP contribution in [0.5, 0.6) is 5.75 Å². The Hall–Kier alpha value is -3.45. The molecule has 33 heavy (non-hydrogen) atoms. The molecule has 3 aromatic rings. The van der Waals surface area contributed by atoms with Crippen molar-refractivity contribution in [3.05, 3.63) is 96.2 Å². The van der Waals surface area contributed by atoms with Crippen molar-refractivity contribution in [1.82, 2.24) is 4.57 Å². The Morgan fingerprint density at radius 1 is 1.12 bits per heavy atom. The van der Waals surface area contributed by atoms with Crippen molar-refractivity contribution in [1.29, 1.82) is 0 Å². The fourth-order valence-corrected chi connectivity index (χ4v) is 5.04. The normalized spacial score (nSPS) is 15.9. The Morgan fingerprint density at radius 3 is 2.45 bits per heavy atom. The molecule has 1 aliphatic rings. The average molecular weight is 463 g/mol. The lowest BCUT2D eigenvalue weighted by Crippen LogP contribution is -2.39. The molecule has 2 heterocycles. The molecule has 6 nitrogen and oxygen atoms in total.